The number of halogens is 1. The molecule has 0 spiro atoms. The summed E-state index contributed by atoms with van der Waals surface area (Å²) in [5.74, 6) is -0.314. The van der Waals surface area contributed by atoms with Crippen molar-refractivity contribution >= 4 is 38.6 Å². The van der Waals surface area contributed by atoms with Gasteiger partial charge in [-0.25, -0.2) is 0 Å². The van der Waals surface area contributed by atoms with Crippen molar-refractivity contribution in [1.82, 2.24) is 15.6 Å². The highest BCUT2D eigenvalue weighted by Crippen LogP contribution is 2.14. The van der Waals surface area contributed by atoms with Crippen LogP contribution in [0.5, 0.6) is 0 Å². The fourth-order valence-electron chi connectivity index (χ4n) is 2.17. The Hall–Kier alpha value is -2.54. The number of aromatic nitrogens is 1. The van der Waals surface area contributed by atoms with Gasteiger partial charge in [-0.1, -0.05) is 18.2 Å². The normalized spacial score (nSPS) is 10.7. The van der Waals surface area contributed by atoms with E-state index in [9.17, 15) is 9.59 Å². The molecule has 3 N–H and O–H groups in total. The van der Waals surface area contributed by atoms with Crippen molar-refractivity contribution in [2.24, 2.45) is 0 Å². The number of rotatable bonds is 5. The minimum atomic E-state index is -0.324. The Morgan fingerprint density at radius 1 is 1.04 bits per heavy atom. The fraction of sp³-hybridized carbons (Fsp3) is 0.125. The molecule has 0 unspecified atom stereocenters. The SMILES string of the molecule is O=C(NCCNC(=O)c1ccc(Br)o1)c1cc2ccccc2[nH]1. The van der Waals surface area contributed by atoms with Gasteiger partial charge in [0.05, 0.1) is 0 Å². The molecular formula is C16H14BrN3O3. The monoisotopic (exact) mass is 375 g/mol. The van der Waals surface area contributed by atoms with E-state index < -0.39 is 0 Å². The van der Waals surface area contributed by atoms with E-state index in [4.69, 9.17) is 4.42 Å². The van der Waals surface area contributed by atoms with Gasteiger partial charge < -0.3 is 20.0 Å². The standard InChI is InChI=1S/C16H14BrN3O3/c17-14-6-5-13(23-14)16(22)19-8-7-18-15(21)12-9-10-3-1-2-4-11(10)20-12/h1-6,9,20H,7-8H2,(H,18,21)(H,19,22). The van der Waals surface area contributed by atoms with Gasteiger partial charge in [-0.05, 0) is 40.2 Å². The second-order valence-electron chi connectivity index (χ2n) is 4.89. The molecule has 0 atom stereocenters. The summed E-state index contributed by atoms with van der Waals surface area (Å²) >= 11 is 3.13. The topological polar surface area (TPSA) is 87.1 Å². The molecule has 1 aromatic carbocycles. The Kier molecular flexibility index (Phi) is 4.47. The second kappa shape index (κ2) is 6.70. The number of aromatic amines is 1. The van der Waals surface area contributed by atoms with Gasteiger partial charge in [-0.15, -0.1) is 0 Å². The van der Waals surface area contributed by atoms with Gasteiger partial charge in [0.25, 0.3) is 11.8 Å². The van der Waals surface area contributed by atoms with Crippen LogP contribution >= 0.6 is 15.9 Å². The largest absolute Gasteiger partial charge is 0.444 e. The van der Waals surface area contributed by atoms with Gasteiger partial charge in [-0.3, -0.25) is 9.59 Å². The van der Waals surface area contributed by atoms with E-state index in [0.29, 0.717) is 23.5 Å². The zero-order chi connectivity index (χ0) is 16.2. The Morgan fingerprint density at radius 3 is 2.48 bits per heavy atom. The van der Waals surface area contributed by atoms with E-state index in [1.54, 1.807) is 18.2 Å². The Balaban J connectivity index is 1.48. The van der Waals surface area contributed by atoms with Crippen molar-refractivity contribution in [2.75, 3.05) is 13.1 Å². The van der Waals surface area contributed by atoms with Crippen molar-refractivity contribution in [3.63, 3.8) is 0 Å². The summed E-state index contributed by atoms with van der Waals surface area (Å²) in [4.78, 5) is 26.9. The summed E-state index contributed by atoms with van der Waals surface area (Å²) in [6.45, 7) is 0.630. The van der Waals surface area contributed by atoms with E-state index in [1.807, 2.05) is 24.3 Å². The van der Waals surface area contributed by atoms with Crippen molar-refractivity contribution in [3.8, 4) is 0 Å². The number of amides is 2. The molecule has 2 heterocycles. The van der Waals surface area contributed by atoms with Crippen LogP contribution in [-0.2, 0) is 0 Å². The quantitative estimate of drug-likeness (QED) is 0.599. The van der Waals surface area contributed by atoms with Crippen molar-refractivity contribution in [3.05, 3.63) is 58.6 Å². The molecule has 3 rings (SSSR count). The number of hydrogen-bond acceptors (Lipinski definition) is 3. The summed E-state index contributed by atoms with van der Waals surface area (Å²) < 4.78 is 5.63. The number of nitrogens with one attached hydrogen (secondary N) is 3. The van der Waals surface area contributed by atoms with Gasteiger partial charge in [-0.2, -0.15) is 0 Å². The predicted molar refractivity (Wildman–Crippen MR) is 89.4 cm³/mol. The number of H-pyrrole nitrogens is 1. The molecular weight excluding hydrogens is 362 g/mol. The summed E-state index contributed by atoms with van der Waals surface area (Å²) in [5.41, 5.74) is 1.40. The molecule has 0 aliphatic heterocycles. The highest BCUT2D eigenvalue weighted by atomic mass is 79.9. The lowest BCUT2D eigenvalue weighted by Gasteiger charge is -2.05. The second-order valence-corrected chi connectivity index (χ2v) is 5.67. The van der Waals surface area contributed by atoms with Crippen molar-refractivity contribution in [1.29, 1.82) is 0 Å². The summed E-state index contributed by atoms with van der Waals surface area (Å²) in [6, 6.07) is 12.7. The first-order valence-electron chi connectivity index (χ1n) is 7.03. The van der Waals surface area contributed by atoms with Gasteiger partial charge >= 0.3 is 0 Å². The van der Waals surface area contributed by atoms with E-state index in [-0.39, 0.29) is 17.6 Å². The first-order chi connectivity index (χ1) is 11.1. The summed E-state index contributed by atoms with van der Waals surface area (Å²) in [7, 11) is 0. The number of benzene rings is 1. The molecule has 3 aromatic rings. The number of furan rings is 1. The molecule has 0 radical (unpaired) electrons. The Bertz CT molecular complexity index is 820. The third kappa shape index (κ3) is 3.62. The highest BCUT2D eigenvalue weighted by molar-refractivity contribution is 9.10. The van der Waals surface area contributed by atoms with Crippen LogP contribution in [0, 0.1) is 0 Å². The molecule has 2 aromatic heterocycles. The zero-order valence-electron chi connectivity index (χ0n) is 12.1. The Labute approximate surface area is 140 Å². The van der Waals surface area contributed by atoms with E-state index in [2.05, 4.69) is 31.5 Å². The van der Waals surface area contributed by atoms with E-state index in [1.165, 1.54) is 0 Å². The van der Waals surface area contributed by atoms with Crippen LogP contribution in [0.1, 0.15) is 21.0 Å². The molecule has 0 aliphatic rings. The molecule has 0 fully saturated rings. The molecule has 2 amide bonds. The molecule has 0 bridgehead atoms. The van der Waals surface area contributed by atoms with Crippen LogP contribution in [-0.4, -0.2) is 29.9 Å². The summed E-state index contributed by atoms with van der Waals surface area (Å²) in [5, 5.41) is 6.40. The molecule has 7 heteroatoms. The molecule has 6 nitrogen and oxygen atoms in total. The lowest BCUT2D eigenvalue weighted by atomic mass is 10.2. The Morgan fingerprint density at radius 2 is 1.78 bits per heavy atom. The van der Waals surface area contributed by atoms with Crippen LogP contribution in [0.25, 0.3) is 10.9 Å². The fourth-order valence-corrected chi connectivity index (χ4v) is 2.47. The minimum absolute atomic E-state index is 0.212. The van der Waals surface area contributed by atoms with Gasteiger partial charge in [0.1, 0.15) is 5.69 Å². The van der Waals surface area contributed by atoms with Crippen LogP contribution in [0.3, 0.4) is 0 Å². The predicted octanol–water partition coefficient (Wildman–Crippen LogP) is 2.68. The van der Waals surface area contributed by atoms with Crippen LogP contribution < -0.4 is 10.6 Å². The maximum Gasteiger partial charge on any atom is 0.287 e. The lowest BCUT2D eigenvalue weighted by molar-refractivity contribution is 0.0908. The first-order valence-corrected chi connectivity index (χ1v) is 7.82. The third-order valence-electron chi connectivity index (χ3n) is 3.27. The maximum absolute atomic E-state index is 12.1. The van der Waals surface area contributed by atoms with Gasteiger partial charge in [0.2, 0.25) is 0 Å². The zero-order valence-corrected chi connectivity index (χ0v) is 13.6. The van der Waals surface area contributed by atoms with E-state index >= 15 is 0 Å². The number of hydrogen-bond donors (Lipinski definition) is 3. The van der Waals surface area contributed by atoms with Crippen LogP contribution in [0.4, 0.5) is 0 Å². The molecule has 0 aliphatic carbocycles. The van der Waals surface area contributed by atoms with Crippen LogP contribution in [0.2, 0.25) is 0 Å². The average molecular weight is 376 g/mol. The average Bonchev–Trinajstić information content (AvgIpc) is 3.17. The smallest absolute Gasteiger partial charge is 0.287 e. The first kappa shape index (κ1) is 15.4. The van der Waals surface area contributed by atoms with E-state index in [0.717, 1.165) is 10.9 Å². The van der Waals surface area contributed by atoms with Gasteiger partial charge in [0, 0.05) is 24.0 Å². The third-order valence-corrected chi connectivity index (χ3v) is 3.69. The number of carbonyl (C=O) groups is 2. The number of carbonyl (C=O) groups excluding carboxylic acids is 2. The highest BCUT2D eigenvalue weighted by Gasteiger charge is 2.11. The molecule has 118 valence electrons. The minimum Gasteiger partial charge on any atom is -0.444 e. The molecule has 23 heavy (non-hydrogen) atoms. The summed E-state index contributed by atoms with van der Waals surface area (Å²) in [6.07, 6.45) is 0. The van der Waals surface area contributed by atoms with Gasteiger partial charge in [0.15, 0.2) is 10.4 Å². The molecule has 0 saturated heterocycles. The molecule has 0 saturated carbocycles. The maximum atomic E-state index is 12.1. The number of para-hydroxylation sites is 1. The number of fused-ring (bicyclic) bond motifs is 1. The van der Waals surface area contributed by atoms with Crippen molar-refractivity contribution in [2.45, 2.75) is 0 Å². The lowest BCUT2D eigenvalue weighted by Crippen LogP contribution is -2.34. The van der Waals surface area contributed by atoms with Crippen LogP contribution in [0.15, 0.2) is 51.6 Å². The van der Waals surface area contributed by atoms with Crippen molar-refractivity contribution < 1.29 is 14.0 Å².